The molecule has 0 spiro atoms. The summed E-state index contributed by atoms with van der Waals surface area (Å²) in [5, 5.41) is -0.307. The molecule has 31 heavy (non-hydrogen) atoms. The zero-order valence-electron chi connectivity index (χ0n) is 16.5. The third kappa shape index (κ3) is 4.74. The number of esters is 1. The summed E-state index contributed by atoms with van der Waals surface area (Å²) < 4.78 is 32.5. The van der Waals surface area contributed by atoms with Gasteiger partial charge < -0.3 is 4.74 Å². The summed E-state index contributed by atoms with van der Waals surface area (Å²) in [7, 11) is -4.01. The maximum atomic E-state index is 12.6. The molecule has 0 aromatic heterocycles. The minimum absolute atomic E-state index is 0.0462. The Hall–Kier alpha value is -2.46. The average molecular weight is 485 g/mol. The van der Waals surface area contributed by atoms with E-state index in [0.717, 1.165) is 17.0 Å². The SMILES string of the molecule is CC(C)CNS(=O)(=O)c1cc(C(=O)OCN2C(=O)c3ccccc3C2=O)c(Cl)cc1Cl. The number of carbonyl (C=O) groups is 3. The molecule has 2 aromatic rings. The van der Waals surface area contributed by atoms with Gasteiger partial charge in [0.1, 0.15) is 4.90 Å². The van der Waals surface area contributed by atoms with Gasteiger partial charge in [0.15, 0.2) is 6.73 Å². The number of nitrogens with zero attached hydrogens (tertiary/aromatic N) is 1. The van der Waals surface area contributed by atoms with E-state index in [-0.39, 0.29) is 44.1 Å². The van der Waals surface area contributed by atoms with Crippen LogP contribution in [0.2, 0.25) is 10.0 Å². The molecule has 164 valence electrons. The topological polar surface area (TPSA) is 110 Å². The van der Waals surface area contributed by atoms with Crippen LogP contribution in [0.3, 0.4) is 0 Å². The smallest absolute Gasteiger partial charge is 0.341 e. The molecule has 0 fully saturated rings. The number of amides is 2. The lowest BCUT2D eigenvalue weighted by Crippen LogP contribution is -2.33. The summed E-state index contributed by atoms with van der Waals surface area (Å²) >= 11 is 12.1. The largest absolute Gasteiger partial charge is 0.440 e. The monoisotopic (exact) mass is 484 g/mol. The first-order chi connectivity index (χ1) is 14.5. The third-order valence-electron chi connectivity index (χ3n) is 4.42. The van der Waals surface area contributed by atoms with Crippen LogP contribution < -0.4 is 4.72 Å². The van der Waals surface area contributed by atoms with Crippen LogP contribution in [0.25, 0.3) is 0 Å². The predicted molar refractivity (Wildman–Crippen MR) is 114 cm³/mol. The van der Waals surface area contributed by atoms with E-state index in [1.165, 1.54) is 12.1 Å². The van der Waals surface area contributed by atoms with Gasteiger partial charge in [-0.1, -0.05) is 49.2 Å². The summed E-state index contributed by atoms with van der Waals surface area (Å²) in [5.74, 6) is -2.17. The van der Waals surface area contributed by atoms with Gasteiger partial charge in [0.05, 0.1) is 26.7 Å². The highest BCUT2D eigenvalue weighted by atomic mass is 35.5. The molecule has 1 aliphatic rings. The average Bonchev–Trinajstić information content (AvgIpc) is 2.95. The molecular weight excluding hydrogens is 467 g/mol. The van der Waals surface area contributed by atoms with Gasteiger partial charge in [0.2, 0.25) is 10.0 Å². The fourth-order valence-electron chi connectivity index (χ4n) is 2.80. The van der Waals surface area contributed by atoms with Crippen molar-refractivity contribution in [1.82, 2.24) is 9.62 Å². The first-order valence-electron chi connectivity index (χ1n) is 9.14. The summed E-state index contributed by atoms with van der Waals surface area (Å²) in [5.41, 5.74) is 0.142. The number of fused-ring (bicyclic) bond motifs is 1. The Morgan fingerprint density at radius 2 is 1.65 bits per heavy atom. The van der Waals surface area contributed by atoms with E-state index in [1.54, 1.807) is 12.1 Å². The van der Waals surface area contributed by atoms with Gasteiger partial charge in [-0.3, -0.25) is 9.59 Å². The standard InChI is InChI=1S/C20H18Cl2N2O6S/c1-11(2)9-23-31(28,29)17-7-14(15(21)8-16(17)22)20(27)30-10-24-18(25)12-5-3-4-6-13(12)19(24)26/h3-8,11,23H,9-10H2,1-2H3. The molecular formula is C20H18Cl2N2O6S. The minimum atomic E-state index is -4.01. The summed E-state index contributed by atoms with van der Waals surface area (Å²) in [6.07, 6.45) is 0. The number of sulfonamides is 1. The number of hydrogen-bond donors (Lipinski definition) is 1. The maximum Gasteiger partial charge on any atom is 0.341 e. The highest BCUT2D eigenvalue weighted by Gasteiger charge is 2.36. The minimum Gasteiger partial charge on any atom is -0.440 e. The van der Waals surface area contributed by atoms with Gasteiger partial charge in [0.25, 0.3) is 11.8 Å². The molecule has 11 heteroatoms. The number of imide groups is 1. The zero-order chi connectivity index (χ0) is 22.9. The molecule has 1 heterocycles. The van der Waals surface area contributed by atoms with Crippen molar-refractivity contribution in [3.63, 3.8) is 0 Å². The molecule has 0 saturated heterocycles. The Balaban J connectivity index is 1.80. The van der Waals surface area contributed by atoms with Gasteiger partial charge in [-0.05, 0) is 30.2 Å². The molecule has 0 radical (unpaired) electrons. The highest BCUT2D eigenvalue weighted by Crippen LogP contribution is 2.29. The molecule has 8 nitrogen and oxygen atoms in total. The molecule has 3 rings (SSSR count). The summed E-state index contributed by atoms with van der Waals surface area (Å²) in [4.78, 5) is 37.7. The molecule has 0 saturated carbocycles. The van der Waals surface area contributed by atoms with E-state index in [0.29, 0.717) is 0 Å². The second-order valence-electron chi connectivity index (χ2n) is 7.15. The van der Waals surface area contributed by atoms with Crippen LogP contribution >= 0.6 is 23.2 Å². The second kappa shape index (κ2) is 8.96. The number of rotatable bonds is 7. The van der Waals surface area contributed by atoms with Gasteiger partial charge in [0, 0.05) is 6.54 Å². The maximum absolute atomic E-state index is 12.6. The first-order valence-corrected chi connectivity index (χ1v) is 11.4. The Morgan fingerprint density at radius 3 is 2.19 bits per heavy atom. The van der Waals surface area contributed by atoms with Crippen LogP contribution in [0, 0.1) is 5.92 Å². The molecule has 0 unspecified atom stereocenters. The van der Waals surface area contributed by atoms with Crippen LogP contribution in [-0.4, -0.2) is 44.4 Å². The molecule has 0 aliphatic carbocycles. The molecule has 1 N–H and O–H groups in total. The van der Waals surface area contributed by atoms with Crippen molar-refractivity contribution in [3.05, 3.63) is 63.1 Å². The van der Waals surface area contributed by atoms with Gasteiger partial charge in [-0.15, -0.1) is 0 Å². The number of carbonyl (C=O) groups excluding carboxylic acids is 3. The molecule has 2 aromatic carbocycles. The highest BCUT2D eigenvalue weighted by molar-refractivity contribution is 7.89. The Kier molecular flexibility index (Phi) is 6.70. The molecule has 1 aliphatic heterocycles. The van der Waals surface area contributed by atoms with Crippen molar-refractivity contribution >= 4 is 51.0 Å². The second-order valence-corrected chi connectivity index (χ2v) is 9.70. The number of ether oxygens (including phenoxy) is 1. The van der Waals surface area contributed by atoms with E-state index in [4.69, 9.17) is 27.9 Å². The van der Waals surface area contributed by atoms with Crippen molar-refractivity contribution in [2.45, 2.75) is 18.7 Å². The zero-order valence-corrected chi connectivity index (χ0v) is 18.8. The van der Waals surface area contributed by atoms with Crippen molar-refractivity contribution < 1.29 is 27.5 Å². The van der Waals surface area contributed by atoms with Gasteiger partial charge in [-0.2, -0.15) is 0 Å². The summed E-state index contributed by atoms with van der Waals surface area (Å²) in [6, 6.07) is 8.33. The molecule has 2 amide bonds. The van der Waals surface area contributed by atoms with Crippen molar-refractivity contribution in [2.24, 2.45) is 5.92 Å². The number of hydrogen-bond acceptors (Lipinski definition) is 6. The van der Waals surface area contributed by atoms with E-state index in [1.807, 2.05) is 13.8 Å². The number of halogens is 2. The molecule has 0 bridgehead atoms. The van der Waals surface area contributed by atoms with Crippen LogP contribution in [0.5, 0.6) is 0 Å². The summed E-state index contributed by atoms with van der Waals surface area (Å²) in [6.45, 7) is 3.17. The van der Waals surface area contributed by atoms with Gasteiger partial charge >= 0.3 is 5.97 Å². The number of nitrogens with one attached hydrogen (secondary N) is 1. The van der Waals surface area contributed by atoms with E-state index >= 15 is 0 Å². The normalized spacial score (nSPS) is 13.6. The predicted octanol–water partition coefficient (Wildman–Crippen LogP) is 3.34. The van der Waals surface area contributed by atoms with Crippen LogP contribution in [0.1, 0.15) is 44.9 Å². The van der Waals surface area contributed by atoms with Crippen molar-refractivity contribution in [1.29, 1.82) is 0 Å². The fourth-order valence-corrected chi connectivity index (χ4v) is 4.86. The number of benzene rings is 2. The van der Waals surface area contributed by atoms with Gasteiger partial charge in [-0.25, -0.2) is 22.8 Å². The lowest BCUT2D eigenvalue weighted by atomic mass is 10.1. The fraction of sp³-hybridized carbons (Fsp3) is 0.250. The van der Waals surface area contributed by atoms with Crippen molar-refractivity contribution in [2.75, 3.05) is 13.3 Å². The quantitative estimate of drug-likeness (QED) is 0.476. The van der Waals surface area contributed by atoms with Crippen molar-refractivity contribution in [3.8, 4) is 0 Å². The lowest BCUT2D eigenvalue weighted by molar-refractivity contribution is 0.0228. The van der Waals surface area contributed by atoms with E-state index in [9.17, 15) is 22.8 Å². The van der Waals surface area contributed by atoms with Crippen LogP contribution in [-0.2, 0) is 14.8 Å². The Labute approximate surface area is 189 Å². The lowest BCUT2D eigenvalue weighted by Gasteiger charge is -2.15. The Morgan fingerprint density at radius 1 is 1.06 bits per heavy atom. The van der Waals surface area contributed by atoms with E-state index < -0.39 is 34.5 Å². The van der Waals surface area contributed by atoms with Crippen LogP contribution in [0.4, 0.5) is 0 Å². The van der Waals surface area contributed by atoms with Crippen LogP contribution in [0.15, 0.2) is 41.3 Å². The van der Waals surface area contributed by atoms with E-state index in [2.05, 4.69) is 4.72 Å². The molecule has 0 atom stereocenters. The third-order valence-corrected chi connectivity index (χ3v) is 6.62. The first kappa shape index (κ1) is 23.2. The Bertz CT molecular complexity index is 1150.